The lowest BCUT2D eigenvalue weighted by atomic mass is 10.2. The third-order valence-corrected chi connectivity index (χ3v) is 3.52. The topological polar surface area (TPSA) is 77.3 Å². The van der Waals surface area contributed by atoms with Crippen molar-refractivity contribution >= 4 is 17.0 Å². The summed E-state index contributed by atoms with van der Waals surface area (Å²) >= 11 is 1.46. The molecule has 0 unspecified atom stereocenters. The summed E-state index contributed by atoms with van der Waals surface area (Å²) in [7, 11) is 0. The minimum Gasteiger partial charge on any atom is -0.479 e. The molecule has 0 aliphatic carbocycles. The number of nitro groups is 1. The minimum absolute atomic E-state index is 0.0279. The molecule has 0 aliphatic heterocycles. The third kappa shape index (κ3) is 4.51. The first-order chi connectivity index (χ1) is 10.1. The predicted octanol–water partition coefficient (Wildman–Crippen LogP) is 3.13. The fourth-order valence-electron chi connectivity index (χ4n) is 1.72. The summed E-state index contributed by atoms with van der Waals surface area (Å²) in [5, 5.41) is 17.0. The summed E-state index contributed by atoms with van der Waals surface area (Å²) in [6.45, 7) is 4.97. The molecule has 1 N–H and O–H groups in total. The third-order valence-electron chi connectivity index (χ3n) is 2.77. The molecule has 1 heterocycles. The van der Waals surface area contributed by atoms with Gasteiger partial charge in [-0.05, 0) is 11.6 Å². The number of thiazole rings is 1. The van der Waals surface area contributed by atoms with Crippen LogP contribution in [0.5, 0.6) is 5.75 Å². The molecule has 2 aromatic rings. The van der Waals surface area contributed by atoms with Gasteiger partial charge < -0.3 is 10.1 Å². The lowest BCUT2D eigenvalue weighted by molar-refractivity contribution is -0.386. The molecular formula is C14H17N3O3S. The number of hydrogen-bond donors (Lipinski definition) is 1. The van der Waals surface area contributed by atoms with Gasteiger partial charge in [0, 0.05) is 30.2 Å². The first-order valence-corrected chi connectivity index (χ1v) is 7.46. The molecule has 21 heavy (non-hydrogen) atoms. The summed E-state index contributed by atoms with van der Waals surface area (Å²) in [5.41, 5.74) is 0.920. The Labute approximate surface area is 126 Å². The van der Waals surface area contributed by atoms with Crippen LogP contribution in [0.15, 0.2) is 29.8 Å². The average Bonchev–Trinajstić information content (AvgIpc) is 2.96. The highest BCUT2D eigenvalue weighted by atomic mass is 32.1. The number of nitrogens with zero attached hydrogens (tertiary/aromatic N) is 2. The summed E-state index contributed by atoms with van der Waals surface area (Å²) in [4.78, 5) is 14.7. The molecule has 0 saturated carbocycles. The predicted molar refractivity (Wildman–Crippen MR) is 81.5 cm³/mol. The molecule has 0 spiro atoms. The molecule has 2 rings (SSSR count). The van der Waals surface area contributed by atoms with E-state index in [0.717, 1.165) is 10.6 Å². The average molecular weight is 307 g/mol. The van der Waals surface area contributed by atoms with Crippen molar-refractivity contribution in [3.05, 3.63) is 50.5 Å². The molecule has 0 fully saturated rings. The summed E-state index contributed by atoms with van der Waals surface area (Å²) in [6, 6.07) is 5.28. The first kappa shape index (κ1) is 15.4. The second kappa shape index (κ2) is 7.14. The van der Waals surface area contributed by atoms with Crippen molar-refractivity contribution in [1.82, 2.24) is 10.3 Å². The Morgan fingerprint density at radius 2 is 2.29 bits per heavy atom. The quantitative estimate of drug-likeness (QED) is 0.628. The van der Waals surface area contributed by atoms with Crippen molar-refractivity contribution in [2.24, 2.45) is 0 Å². The molecule has 0 saturated heterocycles. The van der Waals surface area contributed by atoms with Crippen LogP contribution in [0, 0.1) is 10.1 Å². The standard InChI is InChI=1S/C14H17N3O3S/c1-10(2)16-8-11-3-4-12(17(18)19)13(7-11)20-9-14-15-5-6-21-14/h3-7,10,16H,8-9H2,1-2H3. The summed E-state index contributed by atoms with van der Waals surface area (Å²) < 4.78 is 5.57. The van der Waals surface area contributed by atoms with Crippen molar-refractivity contribution in [2.75, 3.05) is 0 Å². The molecule has 0 atom stereocenters. The van der Waals surface area contributed by atoms with Gasteiger partial charge in [0.15, 0.2) is 5.75 Å². The van der Waals surface area contributed by atoms with Gasteiger partial charge in [0.25, 0.3) is 0 Å². The van der Waals surface area contributed by atoms with E-state index in [-0.39, 0.29) is 18.0 Å². The van der Waals surface area contributed by atoms with Crippen molar-refractivity contribution in [3.63, 3.8) is 0 Å². The van der Waals surface area contributed by atoms with Crippen LogP contribution in [0.4, 0.5) is 5.69 Å². The maximum absolute atomic E-state index is 11.1. The number of aromatic nitrogens is 1. The van der Waals surface area contributed by atoms with Gasteiger partial charge in [-0.2, -0.15) is 0 Å². The highest BCUT2D eigenvalue weighted by Crippen LogP contribution is 2.29. The second-order valence-electron chi connectivity index (χ2n) is 4.81. The highest BCUT2D eigenvalue weighted by Gasteiger charge is 2.16. The lowest BCUT2D eigenvalue weighted by Crippen LogP contribution is -2.21. The number of ether oxygens (including phenoxy) is 1. The lowest BCUT2D eigenvalue weighted by Gasteiger charge is -2.10. The first-order valence-electron chi connectivity index (χ1n) is 6.58. The molecule has 0 aliphatic rings. The maximum atomic E-state index is 11.1. The Bertz CT molecular complexity index is 600. The van der Waals surface area contributed by atoms with E-state index < -0.39 is 4.92 Å². The van der Waals surface area contributed by atoms with Gasteiger partial charge in [0.1, 0.15) is 11.6 Å². The Balaban J connectivity index is 2.14. The van der Waals surface area contributed by atoms with Crippen LogP contribution in [0.1, 0.15) is 24.4 Å². The van der Waals surface area contributed by atoms with Crippen LogP contribution in [0.3, 0.4) is 0 Å². The normalized spacial score (nSPS) is 10.8. The van der Waals surface area contributed by atoms with E-state index in [1.165, 1.54) is 17.4 Å². The maximum Gasteiger partial charge on any atom is 0.310 e. The zero-order chi connectivity index (χ0) is 15.2. The van der Waals surface area contributed by atoms with Crippen molar-refractivity contribution in [1.29, 1.82) is 0 Å². The van der Waals surface area contributed by atoms with Crippen LogP contribution in [0.25, 0.3) is 0 Å². The number of nitrogens with one attached hydrogen (secondary N) is 1. The molecule has 0 amide bonds. The number of rotatable bonds is 7. The Kier molecular flexibility index (Phi) is 5.24. The van der Waals surface area contributed by atoms with Crippen molar-refractivity contribution in [2.45, 2.75) is 33.0 Å². The zero-order valence-corrected chi connectivity index (χ0v) is 12.7. The number of benzene rings is 1. The largest absolute Gasteiger partial charge is 0.479 e. The van der Waals surface area contributed by atoms with Crippen LogP contribution in [-0.2, 0) is 13.2 Å². The van der Waals surface area contributed by atoms with E-state index in [4.69, 9.17) is 4.74 Å². The minimum atomic E-state index is -0.434. The molecule has 112 valence electrons. The monoisotopic (exact) mass is 307 g/mol. The van der Waals surface area contributed by atoms with Crippen molar-refractivity contribution in [3.8, 4) is 5.75 Å². The fourth-order valence-corrected chi connectivity index (χ4v) is 2.25. The second-order valence-corrected chi connectivity index (χ2v) is 5.79. The van der Waals surface area contributed by atoms with E-state index in [1.54, 1.807) is 18.3 Å². The van der Waals surface area contributed by atoms with Gasteiger partial charge >= 0.3 is 5.69 Å². The highest BCUT2D eigenvalue weighted by molar-refractivity contribution is 7.09. The van der Waals surface area contributed by atoms with E-state index in [0.29, 0.717) is 12.6 Å². The van der Waals surface area contributed by atoms with Crippen LogP contribution in [0.2, 0.25) is 0 Å². The SMILES string of the molecule is CC(C)NCc1ccc([N+](=O)[O-])c(OCc2nccs2)c1. The smallest absolute Gasteiger partial charge is 0.310 e. The van der Waals surface area contributed by atoms with E-state index in [1.807, 2.05) is 19.2 Å². The summed E-state index contributed by atoms with van der Waals surface area (Å²) in [5.74, 6) is 0.276. The van der Waals surface area contributed by atoms with Gasteiger partial charge in [-0.25, -0.2) is 4.98 Å². The fraction of sp³-hybridized carbons (Fsp3) is 0.357. The van der Waals surface area contributed by atoms with E-state index >= 15 is 0 Å². The molecule has 1 aromatic heterocycles. The van der Waals surface area contributed by atoms with E-state index in [9.17, 15) is 10.1 Å². The zero-order valence-electron chi connectivity index (χ0n) is 11.9. The molecule has 6 nitrogen and oxygen atoms in total. The number of hydrogen-bond acceptors (Lipinski definition) is 6. The molecule has 1 aromatic carbocycles. The van der Waals surface area contributed by atoms with Crippen LogP contribution < -0.4 is 10.1 Å². The van der Waals surface area contributed by atoms with Crippen molar-refractivity contribution < 1.29 is 9.66 Å². The van der Waals surface area contributed by atoms with Crippen LogP contribution in [-0.4, -0.2) is 15.9 Å². The summed E-state index contributed by atoms with van der Waals surface area (Å²) in [6.07, 6.45) is 1.68. The van der Waals surface area contributed by atoms with Gasteiger partial charge in [-0.1, -0.05) is 19.9 Å². The Hall–Kier alpha value is -1.99. The molecule has 0 bridgehead atoms. The molecule has 7 heteroatoms. The van der Waals surface area contributed by atoms with Crippen LogP contribution >= 0.6 is 11.3 Å². The molecule has 0 radical (unpaired) electrons. The van der Waals surface area contributed by atoms with Gasteiger partial charge in [0.05, 0.1) is 4.92 Å². The van der Waals surface area contributed by atoms with Gasteiger partial charge in [0.2, 0.25) is 0 Å². The number of nitro benzene ring substituents is 1. The van der Waals surface area contributed by atoms with Gasteiger partial charge in [-0.3, -0.25) is 10.1 Å². The van der Waals surface area contributed by atoms with Gasteiger partial charge in [-0.15, -0.1) is 11.3 Å². The van der Waals surface area contributed by atoms with E-state index in [2.05, 4.69) is 10.3 Å². The molecular weight excluding hydrogens is 290 g/mol. The Morgan fingerprint density at radius 3 is 2.90 bits per heavy atom. The Morgan fingerprint density at radius 1 is 1.48 bits per heavy atom.